The molecule has 0 amide bonds. The van der Waals surface area contributed by atoms with Gasteiger partial charge >= 0.3 is 12.1 Å². The number of nitro groups is 1. The summed E-state index contributed by atoms with van der Waals surface area (Å²) in [4.78, 5) is 21.7. The van der Waals surface area contributed by atoms with Gasteiger partial charge in [0.25, 0.3) is 5.69 Å². The molecule has 0 spiro atoms. The van der Waals surface area contributed by atoms with Gasteiger partial charge in [-0.1, -0.05) is 6.92 Å². The zero-order valence-electron chi connectivity index (χ0n) is 16.1. The van der Waals surface area contributed by atoms with Crippen LogP contribution in [-0.2, 0) is 31.2 Å². The molecule has 2 aromatic carbocycles. The lowest BCUT2D eigenvalue weighted by Crippen LogP contribution is -2.12. The monoisotopic (exact) mass is 465 g/mol. The lowest BCUT2D eigenvalue weighted by atomic mass is 10.1. The maximum absolute atomic E-state index is 14.2. The summed E-state index contributed by atoms with van der Waals surface area (Å²) in [7, 11) is -2.27. The van der Waals surface area contributed by atoms with Gasteiger partial charge in [0.05, 0.1) is 17.6 Å². The van der Waals surface area contributed by atoms with Crippen LogP contribution in [0.25, 0.3) is 0 Å². The Morgan fingerprint density at radius 2 is 1.87 bits per heavy atom. The highest BCUT2D eigenvalue weighted by atomic mass is 31.1. The van der Waals surface area contributed by atoms with Crippen molar-refractivity contribution in [3.05, 3.63) is 57.4 Å². The maximum Gasteiger partial charge on any atom is 0.416 e. The van der Waals surface area contributed by atoms with Gasteiger partial charge in [-0.2, -0.15) is 13.2 Å². The number of nitrogens with zero attached hydrogens (tertiary/aromatic N) is 1. The van der Waals surface area contributed by atoms with Crippen molar-refractivity contribution in [1.29, 1.82) is 0 Å². The number of carbonyl (C=O) groups excluding carboxylic acids is 1. The average molecular weight is 465 g/mol. The van der Waals surface area contributed by atoms with Gasteiger partial charge in [-0.3, -0.25) is 14.7 Å². The Bertz CT molecular complexity index is 1030. The van der Waals surface area contributed by atoms with E-state index in [0.717, 1.165) is 25.3 Å². The maximum atomic E-state index is 14.2. The number of halogens is 4. The first-order valence-corrected chi connectivity index (χ1v) is 9.89. The molecule has 13 heteroatoms. The number of esters is 1. The second-order valence-electron chi connectivity index (χ2n) is 5.99. The van der Waals surface area contributed by atoms with Crippen molar-refractivity contribution in [2.45, 2.75) is 19.5 Å². The molecule has 0 aliphatic rings. The minimum Gasteiger partial charge on any atom is -0.467 e. The highest BCUT2D eigenvalue weighted by Gasteiger charge is 2.31. The molecule has 0 aliphatic heterocycles. The first-order valence-electron chi connectivity index (χ1n) is 8.57. The Hall–Kier alpha value is -2.98. The van der Waals surface area contributed by atoms with E-state index in [9.17, 15) is 37.0 Å². The van der Waals surface area contributed by atoms with E-state index in [0.29, 0.717) is 6.07 Å². The summed E-state index contributed by atoms with van der Waals surface area (Å²) in [6.07, 6.45) is -4.59. The molecule has 2 rings (SSSR count). The van der Waals surface area contributed by atoms with Crippen LogP contribution in [0.5, 0.6) is 11.5 Å². The molecule has 1 unspecified atom stereocenters. The fourth-order valence-corrected chi connectivity index (χ4v) is 3.46. The quantitative estimate of drug-likeness (QED) is 0.187. The Morgan fingerprint density at radius 1 is 1.19 bits per heavy atom. The van der Waals surface area contributed by atoms with Crippen LogP contribution >= 0.6 is 8.03 Å². The van der Waals surface area contributed by atoms with E-state index in [1.54, 1.807) is 6.92 Å². The number of rotatable bonds is 8. The summed E-state index contributed by atoms with van der Waals surface area (Å²) >= 11 is 0. The molecule has 0 aliphatic carbocycles. The first-order chi connectivity index (χ1) is 14.5. The molecule has 0 radical (unpaired) electrons. The van der Waals surface area contributed by atoms with Gasteiger partial charge in [0.2, 0.25) is 8.03 Å². The number of hydrogen-bond donors (Lipinski definition) is 0. The van der Waals surface area contributed by atoms with Crippen molar-refractivity contribution in [2.24, 2.45) is 0 Å². The molecular formula is C18H16F4NO7P. The standard InChI is InChI=1S/C18H16F4NO7P/c1-3-10-6-13(23(25)26)16(31(27)29-9-17(24)28-2)8-15(10)30-14-5-4-11(7-12(14)19)18(20,21)22/h4-8,31H,3,9H2,1-2H3. The fourth-order valence-electron chi connectivity index (χ4n) is 2.44. The molecule has 0 N–H and O–H groups in total. The van der Waals surface area contributed by atoms with Crippen LogP contribution in [0.15, 0.2) is 30.3 Å². The summed E-state index contributed by atoms with van der Waals surface area (Å²) < 4.78 is 79.2. The van der Waals surface area contributed by atoms with Crippen molar-refractivity contribution < 1.29 is 45.8 Å². The normalized spacial score (nSPS) is 12.3. The average Bonchev–Trinajstić information content (AvgIpc) is 2.71. The number of methoxy groups -OCH3 is 1. The third-order valence-electron chi connectivity index (χ3n) is 4.00. The Morgan fingerprint density at radius 3 is 2.39 bits per heavy atom. The molecule has 0 saturated heterocycles. The highest BCUT2D eigenvalue weighted by molar-refractivity contribution is 7.48. The largest absolute Gasteiger partial charge is 0.467 e. The fraction of sp³-hybridized carbons (Fsp3) is 0.278. The van der Waals surface area contributed by atoms with Crippen LogP contribution in [0.2, 0.25) is 0 Å². The molecule has 168 valence electrons. The third-order valence-corrected chi connectivity index (χ3v) is 5.25. The van der Waals surface area contributed by atoms with Crippen molar-refractivity contribution in [3.8, 4) is 11.5 Å². The van der Waals surface area contributed by atoms with E-state index < -0.39 is 59.8 Å². The SMILES string of the molecule is CCc1cc([N+](=O)[O-])c([PH](=O)OCC(=O)OC)cc1Oc1ccc(C(F)(F)F)cc1F. The molecule has 0 heterocycles. The van der Waals surface area contributed by atoms with Crippen LogP contribution in [-0.4, -0.2) is 24.6 Å². The number of nitro benzene ring substituents is 1. The number of benzene rings is 2. The van der Waals surface area contributed by atoms with Gasteiger partial charge in [0.1, 0.15) is 11.1 Å². The van der Waals surface area contributed by atoms with E-state index >= 15 is 0 Å². The van der Waals surface area contributed by atoms with E-state index in [4.69, 9.17) is 9.26 Å². The van der Waals surface area contributed by atoms with Gasteiger partial charge in [-0.05, 0) is 24.6 Å². The van der Waals surface area contributed by atoms with E-state index in [1.807, 2.05) is 0 Å². The van der Waals surface area contributed by atoms with E-state index in [2.05, 4.69) is 4.74 Å². The predicted octanol–water partition coefficient (Wildman–Crippen LogP) is 4.40. The Balaban J connectivity index is 2.46. The van der Waals surface area contributed by atoms with Gasteiger partial charge in [-0.15, -0.1) is 0 Å². The number of carbonyl (C=O) groups is 1. The van der Waals surface area contributed by atoms with Crippen LogP contribution in [0.3, 0.4) is 0 Å². The molecule has 0 bridgehead atoms. The predicted molar refractivity (Wildman–Crippen MR) is 101 cm³/mol. The minimum absolute atomic E-state index is 0.165. The molecule has 8 nitrogen and oxygen atoms in total. The number of alkyl halides is 3. The van der Waals surface area contributed by atoms with Crippen LogP contribution in [0, 0.1) is 15.9 Å². The Labute approximate surface area is 173 Å². The van der Waals surface area contributed by atoms with E-state index in [-0.39, 0.29) is 23.8 Å². The van der Waals surface area contributed by atoms with Gasteiger partial charge < -0.3 is 14.0 Å². The minimum atomic E-state index is -4.76. The topological polar surface area (TPSA) is 105 Å². The van der Waals surface area contributed by atoms with Crippen LogP contribution in [0.4, 0.5) is 23.2 Å². The smallest absolute Gasteiger partial charge is 0.416 e. The number of aryl methyl sites for hydroxylation is 1. The number of hydrogen-bond acceptors (Lipinski definition) is 7. The first kappa shape index (κ1) is 24.3. The molecule has 0 aromatic heterocycles. The zero-order chi connectivity index (χ0) is 23.3. The van der Waals surface area contributed by atoms with Crippen molar-refractivity contribution in [2.75, 3.05) is 13.7 Å². The van der Waals surface area contributed by atoms with Gasteiger partial charge in [0, 0.05) is 17.7 Å². The van der Waals surface area contributed by atoms with Gasteiger partial charge in [-0.25, -0.2) is 9.18 Å². The molecule has 31 heavy (non-hydrogen) atoms. The second kappa shape index (κ2) is 9.88. The summed E-state index contributed by atoms with van der Waals surface area (Å²) in [5.41, 5.74) is -1.60. The van der Waals surface area contributed by atoms with Crippen molar-refractivity contribution in [3.63, 3.8) is 0 Å². The Kier molecular flexibility index (Phi) is 7.75. The molecule has 0 fully saturated rings. The molecule has 2 aromatic rings. The summed E-state index contributed by atoms with van der Waals surface area (Å²) in [5, 5.41) is 11.0. The van der Waals surface area contributed by atoms with Crippen molar-refractivity contribution >= 4 is 25.0 Å². The van der Waals surface area contributed by atoms with E-state index in [1.165, 1.54) is 0 Å². The summed E-state index contributed by atoms with van der Waals surface area (Å²) in [6, 6.07) is 3.63. The summed E-state index contributed by atoms with van der Waals surface area (Å²) in [5.74, 6) is -2.92. The second-order valence-corrected chi connectivity index (χ2v) is 7.39. The van der Waals surface area contributed by atoms with Gasteiger partial charge in [0.15, 0.2) is 18.2 Å². The summed E-state index contributed by atoms with van der Waals surface area (Å²) in [6.45, 7) is 0.871. The molecule has 0 saturated carbocycles. The lowest BCUT2D eigenvalue weighted by molar-refractivity contribution is -0.383. The number of ether oxygens (including phenoxy) is 2. The van der Waals surface area contributed by atoms with Crippen LogP contribution in [0.1, 0.15) is 18.1 Å². The highest BCUT2D eigenvalue weighted by Crippen LogP contribution is 2.37. The molecular weight excluding hydrogens is 449 g/mol. The molecule has 1 atom stereocenters. The third kappa shape index (κ3) is 6.02. The zero-order valence-corrected chi connectivity index (χ0v) is 17.1. The van der Waals surface area contributed by atoms with Crippen LogP contribution < -0.4 is 10.0 Å². The lowest BCUT2D eigenvalue weighted by Gasteiger charge is -2.14. The van der Waals surface area contributed by atoms with Crippen molar-refractivity contribution in [1.82, 2.24) is 0 Å².